The van der Waals surface area contributed by atoms with Crippen LogP contribution in [-0.4, -0.2) is 16.1 Å². The normalized spacial score (nSPS) is 17.8. The molecule has 0 saturated carbocycles. The topological polar surface area (TPSA) is 57.2 Å². The number of aliphatic hydroxyl groups is 1. The number of nitrogens with one attached hydrogen (secondary N) is 2. The van der Waals surface area contributed by atoms with Gasteiger partial charge < -0.3 is 15.7 Å². The van der Waals surface area contributed by atoms with Gasteiger partial charge in [-0.2, -0.15) is 0 Å². The molecule has 2 heterocycles. The molecule has 1 aromatic carbocycles. The molecule has 0 saturated heterocycles. The summed E-state index contributed by atoms with van der Waals surface area (Å²) in [4.78, 5) is 4.12. The molecule has 1 aromatic heterocycles. The van der Waals surface area contributed by atoms with Gasteiger partial charge in [0.2, 0.25) is 0 Å². The van der Waals surface area contributed by atoms with Gasteiger partial charge in [-0.1, -0.05) is 6.92 Å². The number of hydrogen-bond donors (Lipinski definition) is 3. The van der Waals surface area contributed by atoms with Gasteiger partial charge in [0.25, 0.3) is 0 Å². The molecule has 2 aromatic rings. The van der Waals surface area contributed by atoms with Crippen molar-refractivity contribution in [3.63, 3.8) is 0 Å². The van der Waals surface area contributed by atoms with Crippen LogP contribution in [0.1, 0.15) is 57.8 Å². The van der Waals surface area contributed by atoms with Crippen molar-refractivity contribution in [1.82, 2.24) is 15.6 Å². The summed E-state index contributed by atoms with van der Waals surface area (Å²) in [6, 6.07) is 5.66. The van der Waals surface area contributed by atoms with Gasteiger partial charge in [-0.05, 0) is 57.0 Å². The van der Waals surface area contributed by atoms with Crippen LogP contribution in [0.4, 0.5) is 8.78 Å². The second-order valence-corrected chi connectivity index (χ2v) is 7.85. The first-order valence-electron chi connectivity index (χ1n) is 9.59. The van der Waals surface area contributed by atoms with Gasteiger partial charge in [-0.25, -0.2) is 8.78 Å². The van der Waals surface area contributed by atoms with Gasteiger partial charge in [-0.15, -0.1) is 0 Å². The third-order valence-corrected chi connectivity index (χ3v) is 5.10. The molecule has 0 amide bonds. The number of hydrogen-bond acceptors (Lipinski definition) is 4. The van der Waals surface area contributed by atoms with Crippen molar-refractivity contribution in [3.05, 3.63) is 65.3 Å². The van der Waals surface area contributed by atoms with Crippen LogP contribution in [-0.2, 0) is 5.60 Å². The molecule has 3 N–H and O–H groups in total. The van der Waals surface area contributed by atoms with Crippen molar-refractivity contribution in [2.75, 3.05) is 0 Å². The first-order valence-corrected chi connectivity index (χ1v) is 9.59. The molecule has 2 atom stereocenters. The first kappa shape index (κ1) is 20.3. The number of pyridine rings is 1. The number of halogens is 2. The SMILES string of the molecule is CCC1CC(NC(C)c2cc(F)c(-c3ccnc(C(C)(C)O)c3)cc2F)=CN1. The molecular formula is C22H27F2N3O. The van der Waals surface area contributed by atoms with Crippen molar-refractivity contribution in [2.45, 2.75) is 58.2 Å². The van der Waals surface area contributed by atoms with E-state index in [1.54, 1.807) is 26.0 Å². The molecule has 2 unspecified atom stereocenters. The lowest BCUT2D eigenvalue weighted by molar-refractivity contribution is 0.0739. The predicted molar refractivity (Wildman–Crippen MR) is 106 cm³/mol. The number of nitrogens with zero attached hydrogens (tertiary/aromatic N) is 1. The molecule has 0 spiro atoms. The summed E-state index contributed by atoms with van der Waals surface area (Å²) in [5.41, 5.74) is 1.13. The molecule has 28 heavy (non-hydrogen) atoms. The first-order chi connectivity index (χ1) is 13.2. The number of rotatable bonds is 6. The molecule has 6 heteroatoms. The van der Waals surface area contributed by atoms with Crippen molar-refractivity contribution in [3.8, 4) is 11.1 Å². The zero-order valence-electron chi connectivity index (χ0n) is 16.7. The van der Waals surface area contributed by atoms with Gasteiger partial charge in [0.05, 0.1) is 11.7 Å². The van der Waals surface area contributed by atoms with Gasteiger partial charge in [0, 0.05) is 41.7 Å². The minimum atomic E-state index is -1.16. The zero-order valence-corrected chi connectivity index (χ0v) is 16.7. The molecular weight excluding hydrogens is 360 g/mol. The highest BCUT2D eigenvalue weighted by Gasteiger charge is 2.22. The molecule has 0 radical (unpaired) electrons. The Morgan fingerprint density at radius 1 is 1.29 bits per heavy atom. The van der Waals surface area contributed by atoms with Crippen LogP contribution in [0.5, 0.6) is 0 Å². The lowest BCUT2D eigenvalue weighted by atomic mass is 9.97. The Labute approximate surface area is 164 Å². The van der Waals surface area contributed by atoms with E-state index in [2.05, 4.69) is 22.5 Å². The van der Waals surface area contributed by atoms with E-state index in [0.717, 1.165) is 18.5 Å². The molecule has 150 valence electrons. The maximum atomic E-state index is 14.8. The lowest BCUT2D eigenvalue weighted by Gasteiger charge is -2.19. The van der Waals surface area contributed by atoms with Gasteiger partial charge >= 0.3 is 0 Å². The highest BCUT2D eigenvalue weighted by Crippen LogP contribution is 2.30. The lowest BCUT2D eigenvalue weighted by Crippen LogP contribution is -2.20. The van der Waals surface area contributed by atoms with Crippen molar-refractivity contribution in [1.29, 1.82) is 0 Å². The van der Waals surface area contributed by atoms with Crippen LogP contribution in [0.2, 0.25) is 0 Å². The van der Waals surface area contributed by atoms with Crippen molar-refractivity contribution >= 4 is 0 Å². The van der Waals surface area contributed by atoms with E-state index in [-0.39, 0.29) is 17.2 Å². The van der Waals surface area contributed by atoms with Crippen LogP contribution in [0.3, 0.4) is 0 Å². The summed E-state index contributed by atoms with van der Waals surface area (Å²) in [7, 11) is 0. The minimum Gasteiger partial charge on any atom is -0.386 e. The van der Waals surface area contributed by atoms with Gasteiger partial charge in [-0.3, -0.25) is 4.98 Å². The van der Waals surface area contributed by atoms with Crippen LogP contribution < -0.4 is 10.6 Å². The van der Waals surface area contributed by atoms with E-state index in [9.17, 15) is 13.9 Å². The Balaban J connectivity index is 1.85. The zero-order chi connectivity index (χ0) is 20.5. The summed E-state index contributed by atoms with van der Waals surface area (Å²) in [6.07, 6.45) is 5.25. The highest BCUT2D eigenvalue weighted by molar-refractivity contribution is 5.65. The maximum absolute atomic E-state index is 14.8. The largest absolute Gasteiger partial charge is 0.386 e. The van der Waals surface area contributed by atoms with E-state index >= 15 is 0 Å². The Morgan fingerprint density at radius 2 is 2.04 bits per heavy atom. The summed E-state index contributed by atoms with van der Waals surface area (Å²) in [5.74, 6) is -0.987. The number of benzene rings is 1. The fourth-order valence-corrected chi connectivity index (χ4v) is 3.37. The second-order valence-electron chi connectivity index (χ2n) is 7.85. The van der Waals surface area contributed by atoms with Crippen LogP contribution in [0.25, 0.3) is 11.1 Å². The fraction of sp³-hybridized carbons (Fsp3) is 0.409. The van der Waals surface area contributed by atoms with Gasteiger partial charge in [0.1, 0.15) is 17.2 Å². The maximum Gasteiger partial charge on any atom is 0.131 e. The summed E-state index contributed by atoms with van der Waals surface area (Å²) < 4.78 is 29.6. The third kappa shape index (κ3) is 4.33. The molecule has 1 aliphatic heterocycles. The summed E-state index contributed by atoms with van der Waals surface area (Å²) in [6.45, 7) is 7.12. The van der Waals surface area contributed by atoms with E-state index in [4.69, 9.17) is 0 Å². The predicted octanol–water partition coefficient (Wildman–Crippen LogP) is 4.52. The Bertz CT molecular complexity index is 890. The molecule has 1 aliphatic rings. The smallest absolute Gasteiger partial charge is 0.131 e. The van der Waals surface area contributed by atoms with E-state index < -0.39 is 17.2 Å². The van der Waals surface area contributed by atoms with Crippen LogP contribution in [0.15, 0.2) is 42.4 Å². The summed E-state index contributed by atoms with van der Waals surface area (Å²) in [5, 5.41) is 16.7. The summed E-state index contributed by atoms with van der Waals surface area (Å²) >= 11 is 0. The Morgan fingerprint density at radius 3 is 2.68 bits per heavy atom. The fourth-order valence-electron chi connectivity index (χ4n) is 3.37. The Hall–Kier alpha value is -2.47. The average Bonchev–Trinajstić information content (AvgIpc) is 3.10. The number of aromatic nitrogens is 1. The monoisotopic (exact) mass is 387 g/mol. The van der Waals surface area contributed by atoms with Crippen molar-refractivity contribution < 1.29 is 13.9 Å². The quantitative estimate of drug-likeness (QED) is 0.682. The van der Waals surface area contributed by atoms with Gasteiger partial charge in [0.15, 0.2) is 0 Å². The Kier molecular flexibility index (Phi) is 5.70. The molecule has 4 nitrogen and oxygen atoms in total. The highest BCUT2D eigenvalue weighted by atomic mass is 19.1. The van der Waals surface area contributed by atoms with E-state index in [1.807, 2.05) is 13.1 Å². The molecule has 0 fully saturated rings. The standard InChI is InChI=1S/C22H27F2N3O/c1-5-15-9-16(12-26-15)27-13(2)17-10-20(24)18(11-19(17)23)14-6-7-25-21(8-14)22(3,4)28/h6-8,10-13,15,26-28H,5,9H2,1-4H3. The molecule has 3 rings (SSSR count). The van der Waals surface area contributed by atoms with E-state index in [0.29, 0.717) is 17.3 Å². The van der Waals surface area contributed by atoms with Crippen LogP contribution in [0, 0.1) is 11.6 Å². The molecule has 0 bridgehead atoms. The minimum absolute atomic E-state index is 0.147. The van der Waals surface area contributed by atoms with Crippen molar-refractivity contribution in [2.24, 2.45) is 0 Å². The third-order valence-electron chi connectivity index (χ3n) is 5.10. The average molecular weight is 387 g/mol. The molecule has 0 aliphatic carbocycles. The second kappa shape index (κ2) is 7.87. The van der Waals surface area contributed by atoms with Crippen LogP contribution >= 0.6 is 0 Å². The van der Waals surface area contributed by atoms with E-state index in [1.165, 1.54) is 18.3 Å².